The molecule has 0 atom stereocenters. The summed E-state index contributed by atoms with van der Waals surface area (Å²) < 4.78 is 5.51. The van der Waals surface area contributed by atoms with Gasteiger partial charge in [-0.05, 0) is 35.9 Å². The molecule has 0 unspecified atom stereocenters. The van der Waals surface area contributed by atoms with Crippen LogP contribution in [0.3, 0.4) is 0 Å². The molecule has 4 rings (SSSR count). The van der Waals surface area contributed by atoms with Crippen LogP contribution >= 0.6 is 0 Å². The van der Waals surface area contributed by atoms with Crippen molar-refractivity contribution >= 4 is 17.3 Å². The van der Waals surface area contributed by atoms with Gasteiger partial charge in [0.15, 0.2) is 0 Å². The van der Waals surface area contributed by atoms with Gasteiger partial charge in [0.25, 0.3) is 0 Å². The summed E-state index contributed by atoms with van der Waals surface area (Å²) in [6.07, 6.45) is 1.57. The topological polar surface area (TPSA) is 62.5 Å². The summed E-state index contributed by atoms with van der Waals surface area (Å²) in [6.45, 7) is 0. The van der Waals surface area contributed by atoms with Crippen molar-refractivity contribution in [2.45, 2.75) is 0 Å². The zero-order valence-corrected chi connectivity index (χ0v) is 14.4. The molecular weight excluding hydrogens is 338 g/mol. The van der Waals surface area contributed by atoms with Crippen molar-refractivity contribution in [2.75, 3.05) is 5.32 Å². The first kappa shape index (κ1) is 16.7. The minimum absolute atomic E-state index is 0.187. The second kappa shape index (κ2) is 7.22. The van der Waals surface area contributed by atoms with Gasteiger partial charge in [-0.3, -0.25) is 0 Å². The van der Waals surface area contributed by atoms with E-state index in [-0.39, 0.29) is 5.56 Å². The molecule has 0 aliphatic carbocycles. The lowest BCUT2D eigenvalue weighted by Crippen LogP contribution is -2.05. The number of benzene rings is 3. The maximum Gasteiger partial charge on any atom is 0.337 e. The third kappa shape index (κ3) is 3.33. The fourth-order valence-electron chi connectivity index (χ4n) is 3.10. The molecule has 0 aliphatic heterocycles. The lowest BCUT2D eigenvalue weighted by molar-refractivity contribution is 0.0698. The van der Waals surface area contributed by atoms with Crippen LogP contribution in [-0.2, 0) is 0 Å². The van der Waals surface area contributed by atoms with Gasteiger partial charge in [-0.1, -0.05) is 54.6 Å². The molecule has 1 heterocycles. The zero-order valence-electron chi connectivity index (χ0n) is 14.4. The van der Waals surface area contributed by atoms with Crippen LogP contribution in [-0.4, -0.2) is 11.1 Å². The van der Waals surface area contributed by atoms with Crippen LogP contribution in [0.4, 0.5) is 11.4 Å². The molecule has 4 heteroatoms. The summed E-state index contributed by atoms with van der Waals surface area (Å²) in [6, 6.07) is 26.5. The standard InChI is InChI=1S/C23H17NO3/c25-23(26)19-12-6-11-18(21-14-7-15-27-21)22(19)24-20-13-5-4-10-17(20)16-8-2-1-3-9-16/h1-15,24H,(H,25,26). The highest BCUT2D eigenvalue weighted by atomic mass is 16.4. The number of carboxylic acids is 1. The van der Waals surface area contributed by atoms with Crippen LogP contribution in [0, 0.1) is 0 Å². The Hall–Kier alpha value is -3.79. The van der Waals surface area contributed by atoms with Crippen molar-refractivity contribution in [3.8, 4) is 22.5 Å². The van der Waals surface area contributed by atoms with E-state index in [1.54, 1.807) is 24.5 Å². The summed E-state index contributed by atoms with van der Waals surface area (Å²) in [7, 11) is 0. The molecule has 0 fully saturated rings. The fourth-order valence-corrected chi connectivity index (χ4v) is 3.10. The van der Waals surface area contributed by atoms with E-state index in [2.05, 4.69) is 5.32 Å². The Morgan fingerprint density at radius 1 is 0.778 bits per heavy atom. The van der Waals surface area contributed by atoms with Crippen LogP contribution in [0.2, 0.25) is 0 Å². The van der Waals surface area contributed by atoms with Crippen molar-refractivity contribution in [3.05, 3.63) is 96.8 Å². The van der Waals surface area contributed by atoms with E-state index in [1.807, 2.05) is 66.7 Å². The average molecular weight is 355 g/mol. The molecule has 0 amide bonds. The first-order valence-electron chi connectivity index (χ1n) is 8.55. The lowest BCUT2D eigenvalue weighted by atomic mass is 10.0. The first-order chi connectivity index (χ1) is 13.2. The lowest BCUT2D eigenvalue weighted by Gasteiger charge is -2.17. The normalized spacial score (nSPS) is 10.5. The molecule has 27 heavy (non-hydrogen) atoms. The van der Waals surface area contributed by atoms with Crippen LogP contribution in [0.5, 0.6) is 0 Å². The Kier molecular flexibility index (Phi) is 4.45. The molecule has 0 bridgehead atoms. The predicted molar refractivity (Wildman–Crippen MR) is 106 cm³/mol. The molecule has 0 aliphatic rings. The predicted octanol–water partition coefficient (Wildman–Crippen LogP) is 6.06. The van der Waals surface area contributed by atoms with E-state index in [0.29, 0.717) is 17.0 Å². The van der Waals surface area contributed by atoms with Gasteiger partial charge in [-0.2, -0.15) is 0 Å². The second-order valence-electron chi connectivity index (χ2n) is 6.05. The molecular formula is C23H17NO3. The van der Waals surface area contributed by atoms with Crippen LogP contribution < -0.4 is 5.32 Å². The summed E-state index contributed by atoms with van der Waals surface area (Å²) in [4.78, 5) is 11.8. The Bertz CT molecular complexity index is 1070. The quantitative estimate of drug-likeness (QED) is 0.457. The molecule has 0 spiro atoms. The SMILES string of the molecule is O=C(O)c1cccc(-c2ccco2)c1Nc1ccccc1-c1ccccc1. The molecule has 4 aromatic rings. The highest BCUT2D eigenvalue weighted by Crippen LogP contribution is 2.37. The molecule has 3 aromatic carbocycles. The Morgan fingerprint density at radius 2 is 1.52 bits per heavy atom. The third-order valence-corrected chi connectivity index (χ3v) is 4.35. The van der Waals surface area contributed by atoms with Gasteiger partial charge in [0.05, 0.1) is 17.5 Å². The van der Waals surface area contributed by atoms with Gasteiger partial charge in [0, 0.05) is 16.8 Å². The molecule has 132 valence electrons. The smallest absolute Gasteiger partial charge is 0.337 e. The van der Waals surface area contributed by atoms with Gasteiger partial charge < -0.3 is 14.8 Å². The highest BCUT2D eigenvalue weighted by molar-refractivity contribution is 6.00. The van der Waals surface area contributed by atoms with E-state index in [4.69, 9.17) is 4.42 Å². The minimum atomic E-state index is -0.997. The molecule has 0 saturated heterocycles. The van der Waals surface area contributed by atoms with Crippen molar-refractivity contribution in [1.29, 1.82) is 0 Å². The summed E-state index contributed by atoms with van der Waals surface area (Å²) in [5.41, 5.74) is 4.25. The number of para-hydroxylation sites is 2. The van der Waals surface area contributed by atoms with E-state index in [1.165, 1.54) is 0 Å². The zero-order chi connectivity index (χ0) is 18.6. The van der Waals surface area contributed by atoms with Gasteiger partial charge >= 0.3 is 5.97 Å². The van der Waals surface area contributed by atoms with Gasteiger partial charge in [-0.25, -0.2) is 4.79 Å². The average Bonchev–Trinajstić information content (AvgIpc) is 3.24. The van der Waals surface area contributed by atoms with E-state index >= 15 is 0 Å². The maximum atomic E-state index is 11.8. The second-order valence-corrected chi connectivity index (χ2v) is 6.05. The van der Waals surface area contributed by atoms with E-state index < -0.39 is 5.97 Å². The third-order valence-electron chi connectivity index (χ3n) is 4.35. The monoisotopic (exact) mass is 355 g/mol. The van der Waals surface area contributed by atoms with E-state index in [0.717, 1.165) is 16.8 Å². The highest BCUT2D eigenvalue weighted by Gasteiger charge is 2.18. The summed E-state index contributed by atoms with van der Waals surface area (Å²) in [5, 5.41) is 13.0. The van der Waals surface area contributed by atoms with Crippen LogP contribution in [0.1, 0.15) is 10.4 Å². The van der Waals surface area contributed by atoms with Gasteiger partial charge in [-0.15, -0.1) is 0 Å². The van der Waals surface area contributed by atoms with Crippen molar-refractivity contribution in [1.82, 2.24) is 0 Å². The fraction of sp³-hybridized carbons (Fsp3) is 0. The van der Waals surface area contributed by atoms with Gasteiger partial charge in [0.2, 0.25) is 0 Å². The number of furan rings is 1. The number of aromatic carboxylic acids is 1. The summed E-state index contributed by atoms with van der Waals surface area (Å²) >= 11 is 0. The Morgan fingerprint density at radius 3 is 2.26 bits per heavy atom. The Balaban J connectivity index is 1.86. The van der Waals surface area contributed by atoms with Crippen molar-refractivity contribution in [3.63, 3.8) is 0 Å². The van der Waals surface area contributed by atoms with Gasteiger partial charge in [0.1, 0.15) is 5.76 Å². The molecule has 0 radical (unpaired) electrons. The number of carbonyl (C=O) groups is 1. The van der Waals surface area contributed by atoms with Crippen LogP contribution in [0.25, 0.3) is 22.5 Å². The molecule has 0 saturated carbocycles. The van der Waals surface area contributed by atoms with Crippen molar-refractivity contribution in [2.24, 2.45) is 0 Å². The minimum Gasteiger partial charge on any atom is -0.478 e. The van der Waals surface area contributed by atoms with E-state index in [9.17, 15) is 9.90 Å². The number of rotatable bonds is 5. The van der Waals surface area contributed by atoms with Crippen LogP contribution in [0.15, 0.2) is 95.6 Å². The Labute approximate surface area is 156 Å². The summed E-state index contributed by atoms with van der Waals surface area (Å²) in [5.74, 6) is -0.388. The number of anilines is 2. The van der Waals surface area contributed by atoms with Crippen molar-refractivity contribution < 1.29 is 14.3 Å². The largest absolute Gasteiger partial charge is 0.478 e. The number of hydrogen-bond donors (Lipinski definition) is 2. The number of nitrogens with one attached hydrogen (secondary N) is 1. The molecule has 4 nitrogen and oxygen atoms in total. The molecule has 1 aromatic heterocycles. The number of carboxylic acid groups (broad SMARTS) is 1. The molecule has 2 N–H and O–H groups in total. The number of hydrogen-bond acceptors (Lipinski definition) is 3. The maximum absolute atomic E-state index is 11.8. The first-order valence-corrected chi connectivity index (χ1v) is 8.55.